The largest absolute Gasteiger partial charge is 0.386 e. The molecule has 0 radical (unpaired) electrons. The second-order valence-corrected chi connectivity index (χ2v) is 7.34. The number of aliphatic hydroxyl groups is 1. The minimum absolute atomic E-state index is 0.0144. The van der Waals surface area contributed by atoms with Gasteiger partial charge in [-0.2, -0.15) is 0 Å². The highest BCUT2D eigenvalue weighted by molar-refractivity contribution is 5.19. The van der Waals surface area contributed by atoms with Crippen LogP contribution in [0.15, 0.2) is 23.1 Å². The van der Waals surface area contributed by atoms with E-state index in [0.717, 1.165) is 38.2 Å². The number of rotatable bonds is 0. The first-order valence-electron chi connectivity index (χ1n) is 7.45. The van der Waals surface area contributed by atoms with E-state index in [1.54, 1.807) is 12.1 Å². The van der Waals surface area contributed by atoms with E-state index in [4.69, 9.17) is 0 Å². The predicted molar refractivity (Wildman–Crippen MR) is 78.7 cm³/mol. The molecule has 3 rings (SSSR count). The van der Waals surface area contributed by atoms with E-state index in [-0.39, 0.29) is 16.4 Å². The lowest BCUT2D eigenvalue weighted by Crippen LogP contribution is -2.50. The number of aliphatic hydroxyl groups excluding tert-OH is 1. The van der Waals surface area contributed by atoms with Gasteiger partial charge in [-0.1, -0.05) is 0 Å². The predicted octanol–water partition coefficient (Wildman–Crippen LogP) is 1.78. The Labute approximate surface area is 120 Å². The molecular formula is C16H24N2O2. The second-order valence-electron chi connectivity index (χ2n) is 7.34. The van der Waals surface area contributed by atoms with Crippen molar-refractivity contribution in [2.24, 2.45) is 5.41 Å². The van der Waals surface area contributed by atoms with Gasteiger partial charge in [0.1, 0.15) is 6.10 Å². The first-order valence-corrected chi connectivity index (χ1v) is 7.45. The van der Waals surface area contributed by atoms with Gasteiger partial charge in [-0.25, -0.2) is 0 Å². The SMILES string of the molecule is CC(C)(C)N1CCC2(CC1)Cn1ccc(=O)cc1C2O. The molecule has 1 N–H and O–H groups in total. The fourth-order valence-corrected chi connectivity index (χ4v) is 3.70. The van der Waals surface area contributed by atoms with Crippen LogP contribution in [0.3, 0.4) is 0 Å². The van der Waals surface area contributed by atoms with Crippen molar-refractivity contribution in [2.75, 3.05) is 13.1 Å². The van der Waals surface area contributed by atoms with E-state index in [2.05, 4.69) is 30.2 Å². The molecule has 0 aromatic carbocycles. The van der Waals surface area contributed by atoms with Crippen molar-refractivity contribution >= 4 is 0 Å². The summed E-state index contributed by atoms with van der Waals surface area (Å²) in [5.41, 5.74) is 0.886. The molecule has 4 heteroatoms. The molecule has 0 amide bonds. The lowest BCUT2D eigenvalue weighted by molar-refractivity contribution is -0.0346. The van der Waals surface area contributed by atoms with Gasteiger partial charge in [-0.3, -0.25) is 9.69 Å². The first kappa shape index (κ1) is 13.8. The Morgan fingerprint density at radius 2 is 1.95 bits per heavy atom. The molecular weight excluding hydrogens is 252 g/mol. The van der Waals surface area contributed by atoms with Crippen LogP contribution in [-0.2, 0) is 6.54 Å². The summed E-state index contributed by atoms with van der Waals surface area (Å²) in [6.45, 7) is 9.58. The summed E-state index contributed by atoms with van der Waals surface area (Å²) in [6, 6.07) is 3.18. The quantitative estimate of drug-likeness (QED) is 0.785. The summed E-state index contributed by atoms with van der Waals surface area (Å²) in [6.07, 6.45) is 3.30. The monoisotopic (exact) mass is 276 g/mol. The van der Waals surface area contributed by atoms with Crippen LogP contribution in [0.25, 0.3) is 0 Å². The van der Waals surface area contributed by atoms with Gasteiger partial charge in [-0.05, 0) is 46.7 Å². The van der Waals surface area contributed by atoms with Crippen LogP contribution in [-0.4, -0.2) is 33.2 Å². The molecule has 1 spiro atoms. The van der Waals surface area contributed by atoms with Gasteiger partial charge >= 0.3 is 0 Å². The summed E-state index contributed by atoms with van der Waals surface area (Å²) in [5.74, 6) is 0. The molecule has 1 aromatic heterocycles. The maximum atomic E-state index is 11.5. The molecule has 0 bridgehead atoms. The Hall–Kier alpha value is -1.13. The molecule has 0 aliphatic carbocycles. The lowest BCUT2D eigenvalue weighted by Gasteiger charge is -2.46. The summed E-state index contributed by atoms with van der Waals surface area (Å²) in [4.78, 5) is 14.0. The smallest absolute Gasteiger partial charge is 0.181 e. The third-order valence-corrected chi connectivity index (χ3v) is 5.09. The fraction of sp³-hybridized carbons (Fsp3) is 0.688. The number of aromatic nitrogens is 1. The van der Waals surface area contributed by atoms with Crippen molar-refractivity contribution in [1.29, 1.82) is 0 Å². The van der Waals surface area contributed by atoms with Gasteiger partial charge in [0.15, 0.2) is 5.43 Å². The van der Waals surface area contributed by atoms with Gasteiger partial charge in [0.2, 0.25) is 0 Å². The molecule has 110 valence electrons. The normalized spacial score (nSPS) is 25.9. The van der Waals surface area contributed by atoms with Gasteiger partial charge < -0.3 is 9.67 Å². The molecule has 1 aromatic rings. The Balaban J connectivity index is 1.82. The van der Waals surface area contributed by atoms with Crippen molar-refractivity contribution in [1.82, 2.24) is 9.47 Å². The van der Waals surface area contributed by atoms with Crippen LogP contribution in [0.2, 0.25) is 0 Å². The van der Waals surface area contributed by atoms with E-state index in [1.165, 1.54) is 0 Å². The van der Waals surface area contributed by atoms with E-state index in [1.807, 2.05) is 6.20 Å². The molecule has 1 atom stereocenters. The second kappa shape index (κ2) is 4.43. The lowest BCUT2D eigenvalue weighted by atomic mass is 9.74. The summed E-state index contributed by atoms with van der Waals surface area (Å²) < 4.78 is 2.05. The molecule has 20 heavy (non-hydrogen) atoms. The summed E-state index contributed by atoms with van der Waals surface area (Å²) in [7, 11) is 0. The van der Waals surface area contributed by atoms with E-state index in [0.29, 0.717) is 0 Å². The van der Waals surface area contributed by atoms with Gasteiger partial charge in [0.25, 0.3) is 0 Å². The minimum atomic E-state index is -0.501. The number of hydrogen-bond acceptors (Lipinski definition) is 3. The van der Waals surface area contributed by atoms with Crippen molar-refractivity contribution in [2.45, 2.75) is 51.8 Å². The van der Waals surface area contributed by atoms with Crippen LogP contribution >= 0.6 is 0 Å². The number of fused-ring (bicyclic) bond motifs is 1. The average Bonchev–Trinajstić information content (AvgIpc) is 2.63. The zero-order chi connectivity index (χ0) is 14.5. The highest BCUT2D eigenvalue weighted by Gasteiger charge is 2.47. The highest BCUT2D eigenvalue weighted by atomic mass is 16.3. The Kier molecular flexibility index (Phi) is 3.07. The number of piperidine rings is 1. The number of nitrogens with zero attached hydrogens (tertiary/aromatic N) is 2. The van der Waals surface area contributed by atoms with Crippen molar-refractivity contribution in [3.8, 4) is 0 Å². The third-order valence-electron chi connectivity index (χ3n) is 5.09. The first-order chi connectivity index (χ1) is 9.32. The Morgan fingerprint density at radius 3 is 2.55 bits per heavy atom. The molecule has 3 heterocycles. The van der Waals surface area contributed by atoms with Crippen LogP contribution in [0.5, 0.6) is 0 Å². The Bertz CT molecular complexity index is 563. The number of pyridine rings is 1. The molecule has 0 saturated carbocycles. The van der Waals surface area contributed by atoms with Crippen molar-refractivity contribution < 1.29 is 5.11 Å². The third kappa shape index (κ3) is 2.11. The van der Waals surface area contributed by atoms with E-state index < -0.39 is 6.10 Å². The van der Waals surface area contributed by atoms with Crippen molar-refractivity contribution in [3.63, 3.8) is 0 Å². The van der Waals surface area contributed by atoms with Crippen molar-refractivity contribution in [3.05, 3.63) is 34.2 Å². The molecule has 1 saturated heterocycles. The summed E-state index contributed by atoms with van der Waals surface area (Å²) >= 11 is 0. The average molecular weight is 276 g/mol. The zero-order valence-electron chi connectivity index (χ0n) is 12.6. The molecule has 2 aliphatic rings. The van der Waals surface area contributed by atoms with E-state index >= 15 is 0 Å². The van der Waals surface area contributed by atoms with Gasteiger partial charge in [0, 0.05) is 35.8 Å². The van der Waals surface area contributed by atoms with Gasteiger partial charge in [0.05, 0.1) is 5.69 Å². The minimum Gasteiger partial charge on any atom is -0.386 e. The van der Waals surface area contributed by atoms with Crippen LogP contribution in [0, 0.1) is 5.41 Å². The number of likely N-dealkylation sites (tertiary alicyclic amines) is 1. The zero-order valence-corrected chi connectivity index (χ0v) is 12.6. The van der Waals surface area contributed by atoms with Crippen LogP contribution < -0.4 is 5.43 Å². The fourth-order valence-electron chi connectivity index (χ4n) is 3.70. The topological polar surface area (TPSA) is 45.5 Å². The molecule has 1 unspecified atom stereocenters. The molecule has 4 nitrogen and oxygen atoms in total. The summed E-state index contributed by atoms with van der Waals surface area (Å²) in [5, 5.41) is 10.7. The Morgan fingerprint density at radius 1 is 1.30 bits per heavy atom. The standard InChI is InChI=1S/C16H24N2O2/c1-15(2,3)18-8-5-16(6-9-18)11-17-7-4-12(19)10-13(17)14(16)20/h4,7,10,14,20H,5-6,8-9,11H2,1-3H3. The van der Waals surface area contributed by atoms with Crippen LogP contribution in [0.1, 0.15) is 45.4 Å². The maximum absolute atomic E-state index is 11.5. The number of hydrogen-bond donors (Lipinski definition) is 1. The van der Waals surface area contributed by atoms with E-state index in [9.17, 15) is 9.90 Å². The van der Waals surface area contributed by atoms with Gasteiger partial charge in [-0.15, -0.1) is 0 Å². The molecule has 2 aliphatic heterocycles. The maximum Gasteiger partial charge on any atom is 0.181 e. The molecule has 1 fully saturated rings. The van der Waals surface area contributed by atoms with Crippen LogP contribution in [0.4, 0.5) is 0 Å². The highest BCUT2D eigenvalue weighted by Crippen LogP contribution is 2.49.